The molecule has 1 aromatic heterocycles. The maximum absolute atomic E-state index is 8.77. The highest BCUT2D eigenvalue weighted by Gasteiger charge is 2.12. The van der Waals surface area contributed by atoms with Gasteiger partial charge in [-0.2, -0.15) is 15.2 Å². The van der Waals surface area contributed by atoms with E-state index in [4.69, 9.17) is 22.7 Å². The van der Waals surface area contributed by atoms with Crippen molar-refractivity contribution in [1.29, 1.82) is 10.5 Å². The maximum atomic E-state index is 8.77. The van der Waals surface area contributed by atoms with Crippen LogP contribution in [-0.2, 0) is 6.67 Å². The molecule has 124 valence electrons. The van der Waals surface area contributed by atoms with Gasteiger partial charge in [-0.15, -0.1) is 0 Å². The average molecular weight is 341 g/mol. The summed E-state index contributed by atoms with van der Waals surface area (Å²) in [7, 11) is 0. The van der Waals surface area contributed by atoms with Crippen molar-refractivity contribution in [3.8, 4) is 17.8 Å². The number of aromatic nitrogens is 4. The van der Waals surface area contributed by atoms with Gasteiger partial charge in [-0.05, 0) is 53.7 Å². The standard InChI is InChI=1S/C16H19N7S/c1-13-5-6-14(2)15(11-13)23-16(24)22(19-20-23)12-21(9-3-7-17)10-4-8-18/h5-6,11H,3-4,9-10,12H2,1-2H3. The lowest BCUT2D eigenvalue weighted by atomic mass is 10.1. The third-order valence-corrected chi connectivity index (χ3v) is 4.03. The molecule has 0 saturated carbocycles. The number of nitriles is 2. The van der Waals surface area contributed by atoms with Crippen molar-refractivity contribution in [2.75, 3.05) is 13.1 Å². The van der Waals surface area contributed by atoms with E-state index in [1.807, 2.05) is 36.9 Å². The van der Waals surface area contributed by atoms with E-state index < -0.39 is 0 Å². The second-order valence-electron chi connectivity index (χ2n) is 5.54. The topological polar surface area (TPSA) is 86.5 Å². The lowest BCUT2D eigenvalue weighted by Gasteiger charge is -2.18. The molecule has 24 heavy (non-hydrogen) atoms. The summed E-state index contributed by atoms with van der Waals surface area (Å²) in [5, 5.41) is 25.8. The smallest absolute Gasteiger partial charge is 0.221 e. The molecule has 0 aliphatic heterocycles. The van der Waals surface area contributed by atoms with Crippen LogP contribution >= 0.6 is 12.2 Å². The van der Waals surface area contributed by atoms with Gasteiger partial charge >= 0.3 is 0 Å². The third kappa shape index (κ3) is 4.25. The predicted octanol–water partition coefficient (Wildman–Crippen LogP) is 2.50. The molecule has 0 radical (unpaired) electrons. The second kappa shape index (κ2) is 8.34. The second-order valence-corrected chi connectivity index (χ2v) is 5.90. The molecule has 2 rings (SSSR count). The third-order valence-electron chi connectivity index (χ3n) is 3.65. The van der Waals surface area contributed by atoms with Gasteiger partial charge < -0.3 is 0 Å². The van der Waals surface area contributed by atoms with Crippen LogP contribution in [-0.4, -0.2) is 37.8 Å². The van der Waals surface area contributed by atoms with Gasteiger partial charge in [0.05, 0.1) is 24.5 Å². The van der Waals surface area contributed by atoms with Crippen LogP contribution in [0.3, 0.4) is 0 Å². The Kier molecular flexibility index (Phi) is 6.19. The Labute approximate surface area is 146 Å². The SMILES string of the molecule is Cc1ccc(C)c(-n2nnn(CN(CCC#N)CCC#N)c2=S)c1. The summed E-state index contributed by atoms with van der Waals surface area (Å²) in [5.74, 6) is 0. The van der Waals surface area contributed by atoms with E-state index in [-0.39, 0.29) is 0 Å². The highest BCUT2D eigenvalue weighted by atomic mass is 32.1. The van der Waals surface area contributed by atoms with Gasteiger partial charge in [0.2, 0.25) is 4.77 Å². The van der Waals surface area contributed by atoms with E-state index in [9.17, 15) is 0 Å². The van der Waals surface area contributed by atoms with E-state index in [2.05, 4.69) is 22.6 Å². The maximum Gasteiger partial charge on any atom is 0.221 e. The van der Waals surface area contributed by atoms with E-state index in [1.165, 1.54) is 0 Å². The molecular formula is C16H19N7S. The zero-order chi connectivity index (χ0) is 17.5. The molecule has 2 aromatic rings. The Morgan fingerprint density at radius 3 is 2.42 bits per heavy atom. The molecule has 1 aromatic carbocycles. The molecule has 0 atom stereocenters. The minimum absolute atomic E-state index is 0.393. The summed E-state index contributed by atoms with van der Waals surface area (Å²) in [6.45, 7) is 5.56. The van der Waals surface area contributed by atoms with Crippen molar-refractivity contribution in [1.82, 2.24) is 24.7 Å². The Bertz CT molecular complexity index is 819. The molecule has 0 unspecified atom stereocenters. The quantitative estimate of drug-likeness (QED) is 0.719. The minimum Gasteiger partial charge on any atom is -0.282 e. The van der Waals surface area contributed by atoms with Crippen LogP contribution in [0, 0.1) is 41.3 Å². The highest BCUT2D eigenvalue weighted by molar-refractivity contribution is 7.71. The Hall–Kier alpha value is -2.55. The summed E-state index contributed by atoms with van der Waals surface area (Å²) in [4.78, 5) is 1.98. The van der Waals surface area contributed by atoms with Crippen LogP contribution in [0.2, 0.25) is 0 Å². The molecule has 8 heteroatoms. The fourth-order valence-corrected chi connectivity index (χ4v) is 2.55. The molecule has 0 aliphatic rings. The van der Waals surface area contributed by atoms with Gasteiger partial charge in [0.15, 0.2) is 0 Å². The molecular weight excluding hydrogens is 322 g/mol. The Balaban J connectivity index is 2.25. The molecule has 7 nitrogen and oxygen atoms in total. The number of nitrogens with zero attached hydrogens (tertiary/aromatic N) is 7. The van der Waals surface area contributed by atoms with Crippen LogP contribution in [0.1, 0.15) is 24.0 Å². The average Bonchev–Trinajstić information content (AvgIpc) is 2.93. The van der Waals surface area contributed by atoms with Crippen LogP contribution in [0.15, 0.2) is 18.2 Å². The lowest BCUT2D eigenvalue weighted by Crippen LogP contribution is -2.29. The van der Waals surface area contributed by atoms with Crippen molar-refractivity contribution >= 4 is 12.2 Å². The van der Waals surface area contributed by atoms with E-state index in [0.717, 1.165) is 16.8 Å². The first kappa shape index (κ1) is 17.8. The van der Waals surface area contributed by atoms with Crippen molar-refractivity contribution in [2.24, 2.45) is 0 Å². The Morgan fingerprint density at radius 1 is 1.12 bits per heavy atom. The van der Waals surface area contributed by atoms with Crippen LogP contribution in [0.5, 0.6) is 0 Å². The van der Waals surface area contributed by atoms with Crippen molar-refractivity contribution in [2.45, 2.75) is 33.4 Å². The van der Waals surface area contributed by atoms with Gasteiger partial charge in [0.1, 0.15) is 0 Å². The molecule has 0 N–H and O–H groups in total. The monoisotopic (exact) mass is 341 g/mol. The van der Waals surface area contributed by atoms with Gasteiger partial charge in [0.25, 0.3) is 0 Å². The van der Waals surface area contributed by atoms with Crippen LogP contribution in [0.4, 0.5) is 0 Å². The van der Waals surface area contributed by atoms with Crippen molar-refractivity contribution < 1.29 is 0 Å². The van der Waals surface area contributed by atoms with Crippen molar-refractivity contribution in [3.63, 3.8) is 0 Å². The normalized spacial score (nSPS) is 10.5. The number of aryl methyl sites for hydroxylation is 2. The number of rotatable bonds is 7. The first-order valence-corrected chi connectivity index (χ1v) is 8.04. The number of benzene rings is 1. The first-order valence-electron chi connectivity index (χ1n) is 7.63. The predicted molar refractivity (Wildman–Crippen MR) is 91.7 cm³/mol. The fraction of sp³-hybridized carbons (Fsp3) is 0.438. The van der Waals surface area contributed by atoms with Gasteiger partial charge in [-0.3, -0.25) is 4.90 Å². The zero-order valence-electron chi connectivity index (χ0n) is 13.8. The van der Waals surface area contributed by atoms with Crippen LogP contribution in [0.25, 0.3) is 5.69 Å². The molecule has 0 spiro atoms. The summed E-state index contributed by atoms with van der Waals surface area (Å²) in [5.41, 5.74) is 3.10. The summed E-state index contributed by atoms with van der Waals surface area (Å²) in [6, 6.07) is 10.3. The molecule has 0 saturated heterocycles. The van der Waals surface area contributed by atoms with E-state index >= 15 is 0 Å². The molecule has 0 fully saturated rings. The fourth-order valence-electron chi connectivity index (χ4n) is 2.32. The number of tetrazole rings is 1. The largest absolute Gasteiger partial charge is 0.282 e. The molecule has 0 amide bonds. The van der Waals surface area contributed by atoms with Gasteiger partial charge in [0, 0.05) is 25.9 Å². The number of hydrogen-bond donors (Lipinski definition) is 0. The Morgan fingerprint density at radius 2 is 1.79 bits per heavy atom. The summed E-state index contributed by atoms with van der Waals surface area (Å²) >= 11 is 5.50. The summed E-state index contributed by atoms with van der Waals surface area (Å²) < 4.78 is 3.75. The van der Waals surface area contributed by atoms with E-state index in [1.54, 1.807) is 9.36 Å². The van der Waals surface area contributed by atoms with Gasteiger partial charge in [-0.25, -0.2) is 4.68 Å². The van der Waals surface area contributed by atoms with Crippen molar-refractivity contribution in [3.05, 3.63) is 34.1 Å². The van der Waals surface area contributed by atoms with Crippen LogP contribution < -0.4 is 0 Å². The summed E-state index contributed by atoms with van der Waals surface area (Å²) in [6.07, 6.45) is 0.785. The molecule has 0 bridgehead atoms. The minimum atomic E-state index is 0.393. The van der Waals surface area contributed by atoms with Gasteiger partial charge in [-0.1, -0.05) is 12.1 Å². The van der Waals surface area contributed by atoms with E-state index in [0.29, 0.717) is 37.4 Å². The molecule has 0 aliphatic carbocycles. The number of hydrogen-bond acceptors (Lipinski definition) is 6. The lowest BCUT2D eigenvalue weighted by molar-refractivity contribution is 0.212. The zero-order valence-corrected chi connectivity index (χ0v) is 14.6. The highest BCUT2D eigenvalue weighted by Crippen LogP contribution is 2.15. The first-order chi connectivity index (χ1) is 11.6. The molecule has 1 heterocycles.